The SMILES string of the molecule is O=C1NC(=S)N(c2ccccc2)C(=O)C1=Cc1cccc(I)c1. The predicted molar refractivity (Wildman–Crippen MR) is 102 cm³/mol. The number of benzene rings is 2. The first-order valence-corrected chi connectivity index (χ1v) is 8.27. The molecule has 0 spiro atoms. The molecule has 1 aliphatic rings. The number of carbonyl (C=O) groups excluding carboxylic acids is 2. The molecular formula is C17H11IN2O2S. The molecule has 1 aliphatic heterocycles. The molecule has 2 amide bonds. The van der Waals surface area contributed by atoms with Crippen LogP contribution in [0.2, 0.25) is 0 Å². The Hall–Kier alpha value is -2.06. The lowest BCUT2D eigenvalue weighted by atomic mass is 10.1. The van der Waals surface area contributed by atoms with E-state index in [0.717, 1.165) is 9.13 Å². The Kier molecular flexibility index (Phi) is 4.53. The summed E-state index contributed by atoms with van der Waals surface area (Å²) in [6.45, 7) is 0. The van der Waals surface area contributed by atoms with E-state index in [4.69, 9.17) is 12.2 Å². The normalized spacial score (nSPS) is 16.7. The van der Waals surface area contributed by atoms with Crippen molar-refractivity contribution in [3.63, 3.8) is 0 Å². The smallest absolute Gasteiger partial charge is 0.270 e. The fourth-order valence-electron chi connectivity index (χ4n) is 2.23. The molecule has 2 aromatic carbocycles. The molecule has 0 saturated carbocycles. The van der Waals surface area contributed by atoms with E-state index in [1.165, 1.54) is 4.90 Å². The van der Waals surface area contributed by atoms with Crippen molar-refractivity contribution in [2.75, 3.05) is 4.90 Å². The van der Waals surface area contributed by atoms with Gasteiger partial charge in [-0.25, -0.2) is 0 Å². The third kappa shape index (κ3) is 3.32. The quantitative estimate of drug-likeness (QED) is 0.342. The molecule has 6 heteroatoms. The maximum absolute atomic E-state index is 12.7. The molecule has 2 aromatic rings. The molecule has 1 N–H and O–H groups in total. The van der Waals surface area contributed by atoms with Crippen LogP contribution in [0.15, 0.2) is 60.2 Å². The lowest BCUT2D eigenvalue weighted by molar-refractivity contribution is -0.122. The number of rotatable bonds is 2. The highest BCUT2D eigenvalue weighted by molar-refractivity contribution is 14.1. The van der Waals surface area contributed by atoms with Crippen molar-refractivity contribution in [3.8, 4) is 0 Å². The first-order chi connectivity index (χ1) is 11.1. The van der Waals surface area contributed by atoms with Crippen LogP contribution in [-0.4, -0.2) is 16.9 Å². The molecule has 0 radical (unpaired) electrons. The zero-order valence-electron chi connectivity index (χ0n) is 11.8. The van der Waals surface area contributed by atoms with E-state index in [1.54, 1.807) is 18.2 Å². The lowest BCUT2D eigenvalue weighted by Crippen LogP contribution is -2.54. The largest absolute Gasteiger partial charge is 0.298 e. The zero-order valence-corrected chi connectivity index (χ0v) is 14.8. The monoisotopic (exact) mass is 434 g/mol. The first kappa shape index (κ1) is 15.8. The maximum Gasteiger partial charge on any atom is 0.270 e. The Morgan fingerprint density at radius 3 is 2.48 bits per heavy atom. The van der Waals surface area contributed by atoms with Gasteiger partial charge in [0, 0.05) is 3.57 Å². The Bertz CT molecular complexity index is 833. The Morgan fingerprint density at radius 1 is 1.04 bits per heavy atom. The summed E-state index contributed by atoms with van der Waals surface area (Å²) in [5.41, 5.74) is 1.47. The first-order valence-electron chi connectivity index (χ1n) is 6.78. The van der Waals surface area contributed by atoms with E-state index in [2.05, 4.69) is 27.9 Å². The molecule has 1 saturated heterocycles. The molecule has 0 bridgehead atoms. The van der Waals surface area contributed by atoms with Crippen LogP contribution in [-0.2, 0) is 9.59 Å². The van der Waals surface area contributed by atoms with Crippen LogP contribution in [0, 0.1) is 3.57 Å². The van der Waals surface area contributed by atoms with Crippen LogP contribution in [0.25, 0.3) is 6.08 Å². The van der Waals surface area contributed by atoms with Crippen molar-refractivity contribution in [1.29, 1.82) is 0 Å². The molecule has 0 atom stereocenters. The highest BCUT2D eigenvalue weighted by Crippen LogP contribution is 2.22. The average Bonchev–Trinajstić information content (AvgIpc) is 2.52. The van der Waals surface area contributed by atoms with Gasteiger partial charge < -0.3 is 0 Å². The van der Waals surface area contributed by atoms with Crippen molar-refractivity contribution in [2.45, 2.75) is 0 Å². The van der Waals surface area contributed by atoms with Gasteiger partial charge in [-0.2, -0.15) is 0 Å². The zero-order chi connectivity index (χ0) is 16.4. The van der Waals surface area contributed by atoms with Crippen molar-refractivity contribution < 1.29 is 9.59 Å². The number of anilines is 1. The number of hydrogen-bond donors (Lipinski definition) is 1. The summed E-state index contributed by atoms with van der Waals surface area (Å²) >= 11 is 7.33. The van der Waals surface area contributed by atoms with Gasteiger partial charge in [-0.15, -0.1) is 0 Å². The minimum absolute atomic E-state index is 0.0597. The molecule has 23 heavy (non-hydrogen) atoms. The second-order valence-corrected chi connectivity index (χ2v) is 6.48. The number of carbonyl (C=O) groups is 2. The topological polar surface area (TPSA) is 49.4 Å². The van der Waals surface area contributed by atoms with E-state index in [9.17, 15) is 9.59 Å². The fourth-order valence-corrected chi connectivity index (χ4v) is 3.08. The van der Waals surface area contributed by atoms with Crippen LogP contribution in [0.4, 0.5) is 5.69 Å². The maximum atomic E-state index is 12.7. The van der Waals surface area contributed by atoms with Gasteiger partial charge in [-0.1, -0.05) is 30.3 Å². The number of nitrogens with one attached hydrogen (secondary N) is 1. The van der Waals surface area contributed by atoms with Crippen LogP contribution in [0.1, 0.15) is 5.56 Å². The molecule has 0 aliphatic carbocycles. The summed E-state index contributed by atoms with van der Waals surface area (Å²) in [6, 6.07) is 16.6. The Morgan fingerprint density at radius 2 is 1.78 bits per heavy atom. The number of amides is 2. The third-order valence-electron chi connectivity index (χ3n) is 3.28. The number of nitrogens with zero attached hydrogens (tertiary/aromatic N) is 1. The van der Waals surface area contributed by atoms with Crippen LogP contribution >= 0.6 is 34.8 Å². The van der Waals surface area contributed by atoms with Gasteiger partial charge in [0.2, 0.25) is 0 Å². The summed E-state index contributed by atoms with van der Waals surface area (Å²) < 4.78 is 1.02. The van der Waals surface area contributed by atoms with Crippen LogP contribution in [0.5, 0.6) is 0 Å². The second-order valence-electron chi connectivity index (χ2n) is 4.85. The fraction of sp³-hybridized carbons (Fsp3) is 0. The standard InChI is InChI=1S/C17H11IN2O2S/c18-12-6-4-5-11(9-12)10-14-15(21)19-17(23)20(16(14)22)13-7-2-1-3-8-13/h1-10H,(H,19,21,23). The van der Waals surface area contributed by atoms with Crippen molar-refractivity contribution >= 4 is 63.5 Å². The minimum atomic E-state index is -0.481. The number of hydrogen-bond acceptors (Lipinski definition) is 3. The highest BCUT2D eigenvalue weighted by Gasteiger charge is 2.34. The average molecular weight is 434 g/mol. The van der Waals surface area contributed by atoms with E-state index in [0.29, 0.717) is 5.69 Å². The second kappa shape index (κ2) is 6.59. The number of para-hydroxylation sites is 1. The summed E-state index contributed by atoms with van der Waals surface area (Å²) in [5, 5.41) is 2.66. The number of halogens is 1. The summed E-state index contributed by atoms with van der Waals surface area (Å²) in [5.74, 6) is -0.908. The van der Waals surface area contributed by atoms with Gasteiger partial charge in [0.05, 0.1) is 5.69 Å². The van der Waals surface area contributed by atoms with Gasteiger partial charge in [-0.05, 0) is 70.7 Å². The van der Waals surface area contributed by atoms with Crippen LogP contribution < -0.4 is 10.2 Å². The summed E-state index contributed by atoms with van der Waals surface area (Å²) in [7, 11) is 0. The summed E-state index contributed by atoms with van der Waals surface area (Å²) in [6.07, 6.45) is 1.58. The molecular weight excluding hydrogens is 423 g/mol. The Balaban J connectivity index is 2.02. The molecule has 4 nitrogen and oxygen atoms in total. The van der Waals surface area contributed by atoms with E-state index >= 15 is 0 Å². The molecule has 0 aromatic heterocycles. The van der Waals surface area contributed by atoms with Gasteiger partial charge in [0.1, 0.15) is 5.57 Å². The third-order valence-corrected chi connectivity index (χ3v) is 4.23. The number of thiocarbonyl (C=S) groups is 1. The Labute approximate surface area is 152 Å². The molecule has 1 heterocycles. The van der Waals surface area contributed by atoms with Crippen molar-refractivity contribution in [1.82, 2.24) is 5.32 Å². The molecule has 0 unspecified atom stereocenters. The molecule has 3 rings (SSSR count). The highest BCUT2D eigenvalue weighted by atomic mass is 127. The van der Waals surface area contributed by atoms with Gasteiger partial charge in [0.15, 0.2) is 5.11 Å². The van der Waals surface area contributed by atoms with E-state index < -0.39 is 11.8 Å². The summed E-state index contributed by atoms with van der Waals surface area (Å²) in [4.78, 5) is 26.2. The van der Waals surface area contributed by atoms with Gasteiger partial charge >= 0.3 is 0 Å². The van der Waals surface area contributed by atoms with E-state index in [1.807, 2.05) is 42.5 Å². The van der Waals surface area contributed by atoms with Gasteiger partial charge in [-0.3, -0.25) is 19.8 Å². The van der Waals surface area contributed by atoms with Crippen molar-refractivity contribution in [3.05, 3.63) is 69.3 Å². The molecule has 1 fully saturated rings. The van der Waals surface area contributed by atoms with E-state index in [-0.39, 0.29) is 10.7 Å². The van der Waals surface area contributed by atoms with Crippen LogP contribution in [0.3, 0.4) is 0 Å². The van der Waals surface area contributed by atoms with Gasteiger partial charge in [0.25, 0.3) is 11.8 Å². The minimum Gasteiger partial charge on any atom is -0.298 e. The molecule has 114 valence electrons. The van der Waals surface area contributed by atoms with Crippen molar-refractivity contribution in [2.24, 2.45) is 0 Å². The lowest BCUT2D eigenvalue weighted by Gasteiger charge is -2.28. The predicted octanol–water partition coefficient (Wildman–Crippen LogP) is 3.12.